The predicted molar refractivity (Wildman–Crippen MR) is 114 cm³/mol. The highest BCUT2D eigenvalue weighted by Gasteiger charge is 2.18. The number of hydrogen-bond acceptors (Lipinski definition) is 4. The normalized spacial score (nSPS) is 11.5. The van der Waals surface area contributed by atoms with Gasteiger partial charge >= 0.3 is 0 Å². The van der Waals surface area contributed by atoms with Crippen LogP contribution in [0.3, 0.4) is 0 Å². The summed E-state index contributed by atoms with van der Waals surface area (Å²) in [6.45, 7) is 1.67. The van der Waals surface area contributed by atoms with Crippen molar-refractivity contribution in [1.82, 2.24) is 10.2 Å². The zero-order valence-corrected chi connectivity index (χ0v) is 17.9. The van der Waals surface area contributed by atoms with Gasteiger partial charge in [-0.3, -0.25) is 9.10 Å². The summed E-state index contributed by atoms with van der Waals surface area (Å²) < 4.78 is 25.8. The Labute approximate surface area is 172 Å². The standard InChI is InChI=1S/C20H26ClN3O3S/c1-23(2)14-4-13-22-20(25)17-7-11-19(12-8-17)24(28(3,26)27)15-16-5-9-18(21)10-6-16/h5-12H,4,13-15H2,1-3H3,(H,22,25). The number of rotatable bonds is 9. The lowest BCUT2D eigenvalue weighted by molar-refractivity contribution is 0.0952. The highest BCUT2D eigenvalue weighted by atomic mass is 35.5. The van der Waals surface area contributed by atoms with E-state index in [1.807, 2.05) is 14.1 Å². The largest absolute Gasteiger partial charge is 0.352 e. The molecule has 0 aliphatic carbocycles. The first-order valence-electron chi connectivity index (χ1n) is 8.92. The summed E-state index contributed by atoms with van der Waals surface area (Å²) in [5.74, 6) is -0.172. The first-order valence-corrected chi connectivity index (χ1v) is 11.1. The topological polar surface area (TPSA) is 69.7 Å². The van der Waals surface area contributed by atoms with E-state index in [2.05, 4.69) is 10.2 Å². The van der Waals surface area contributed by atoms with Crippen LogP contribution in [0.25, 0.3) is 0 Å². The molecule has 2 rings (SSSR count). The van der Waals surface area contributed by atoms with Gasteiger partial charge in [-0.15, -0.1) is 0 Å². The summed E-state index contributed by atoms with van der Waals surface area (Å²) in [4.78, 5) is 14.3. The minimum absolute atomic E-state index is 0.172. The number of amides is 1. The van der Waals surface area contributed by atoms with Crippen LogP contribution < -0.4 is 9.62 Å². The summed E-state index contributed by atoms with van der Waals surface area (Å²) in [7, 11) is 0.479. The van der Waals surface area contributed by atoms with Gasteiger partial charge in [0, 0.05) is 17.1 Å². The van der Waals surface area contributed by atoms with Crippen LogP contribution in [0.2, 0.25) is 5.02 Å². The molecule has 0 unspecified atom stereocenters. The third-order valence-electron chi connectivity index (χ3n) is 4.12. The van der Waals surface area contributed by atoms with Gasteiger partial charge in [0.2, 0.25) is 10.0 Å². The van der Waals surface area contributed by atoms with Gasteiger partial charge in [-0.2, -0.15) is 0 Å². The second-order valence-electron chi connectivity index (χ2n) is 6.86. The Hall–Kier alpha value is -2.09. The lowest BCUT2D eigenvalue weighted by Gasteiger charge is -2.23. The van der Waals surface area contributed by atoms with Gasteiger partial charge in [0.05, 0.1) is 18.5 Å². The molecule has 0 atom stereocenters. The van der Waals surface area contributed by atoms with Crippen LogP contribution in [-0.2, 0) is 16.6 Å². The molecule has 0 radical (unpaired) electrons. The van der Waals surface area contributed by atoms with Gasteiger partial charge in [-0.1, -0.05) is 23.7 Å². The zero-order chi connectivity index (χ0) is 20.7. The van der Waals surface area contributed by atoms with Gasteiger partial charge in [0.1, 0.15) is 0 Å². The summed E-state index contributed by atoms with van der Waals surface area (Å²) in [5.41, 5.74) is 1.81. The Bertz CT molecular complexity index is 882. The Kier molecular flexibility index (Phi) is 7.86. The maximum absolute atomic E-state index is 12.3. The number of hydrogen-bond donors (Lipinski definition) is 1. The molecule has 0 heterocycles. The molecule has 152 valence electrons. The fourth-order valence-corrected chi connectivity index (χ4v) is 3.65. The summed E-state index contributed by atoms with van der Waals surface area (Å²) in [6, 6.07) is 13.6. The summed E-state index contributed by atoms with van der Waals surface area (Å²) >= 11 is 5.89. The Morgan fingerprint density at radius 3 is 2.18 bits per heavy atom. The van der Waals surface area contributed by atoms with Gasteiger partial charge in [0.15, 0.2) is 0 Å². The van der Waals surface area contributed by atoms with Crippen LogP contribution in [0, 0.1) is 0 Å². The highest BCUT2D eigenvalue weighted by molar-refractivity contribution is 7.92. The number of anilines is 1. The van der Waals surface area contributed by atoms with Crippen LogP contribution in [-0.4, -0.2) is 52.7 Å². The maximum atomic E-state index is 12.3. The fraction of sp³-hybridized carbons (Fsp3) is 0.350. The van der Waals surface area contributed by atoms with E-state index in [0.29, 0.717) is 22.8 Å². The number of carbonyl (C=O) groups excluding carboxylic acids is 1. The molecule has 0 saturated carbocycles. The second-order valence-corrected chi connectivity index (χ2v) is 9.20. The van der Waals surface area contributed by atoms with E-state index < -0.39 is 10.0 Å². The quantitative estimate of drug-likeness (QED) is 0.629. The highest BCUT2D eigenvalue weighted by Crippen LogP contribution is 2.22. The molecule has 0 aromatic heterocycles. The maximum Gasteiger partial charge on any atom is 0.251 e. The van der Waals surface area contributed by atoms with Crippen molar-refractivity contribution in [3.63, 3.8) is 0 Å². The van der Waals surface area contributed by atoms with E-state index in [4.69, 9.17) is 11.6 Å². The Balaban J connectivity index is 2.09. The first-order chi connectivity index (χ1) is 13.2. The lowest BCUT2D eigenvalue weighted by atomic mass is 10.1. The molecule has 2 aromatic rings. The minimum atomic E-state index is -3.49. The van der Waals surface area contributed by atoms with Crippen molar-refractivity contribution >= 4 is 33.2 Å². The molecular weight excluding hydrogens is 398 g/mol. The van der Waals surface area contributed by atoms with E-state index >= 15 is 0 Å². The van der Waals surface area contributed by atoms with E-state index in [1.54, 1.807) is 48.5 Å². The molecule has 1 N–H and O–H groups in total. The molecular formula is C20H26ClN3O3S. The van der Waals surface area contributed by atoms with Crippen molar-refractivity contribution in [1.29, 1.82) is 0 Å². The van der Waals surface area contributed by atoms with Crippen LogP contribution in [0.4, 0.5) is 5.69 Å². The lowest BCUT2D eigenvalue weighted by Crippen LogP contribution is -2.29. The van der Waals surface area contributed by atoms with Crippen LogP contribution in [0.15, 0.2) is 48.5 Å². The zero-order valence-electron chi connectivity index (χ0n) is 16.4. The van der Waals surface area contributed by atoms with Crippen LogP contribution in [0.1, 0.15) is 22.3 Å². The van der Waals surface area contributed by atoms with Crippen LogP contribution in [0.5, 0.6) is 0 Å². The van der Waals surface area contributed by atoms with E-state index in [1.165, 1.54) is 4.31 Å². The minimum Gasteiger partial charge on any atom is -0.352 e. The smallest absolute Gasteiger partial charge is 0.251 e. The van der Waals surface area contributed by atoms with Crippen molar-refractivity contribution in [2.24, 2.45) is 0 Å². The molecule has 0 aliphatic heterocycles. The third kappa shape index (κ3) is 6.82. The molecule has 28 heavy (non-hydrogen) atoms. The number of nitrogens with zero attached hydrogens (tertiary/aromatic N) is 2. The Morgan fingerprint density at radius 1 is 1.04 bits per heavy atom. The number of halogens is 1. The van der Waals surface area contributed by atoms with Crippen molar-refractivity contribution < 1.29 is 13.2 Å². The number of benzene rings is 2. The van der Waals surface area contributed by atoms with Gasteiger partial charge in [-0.25, -0.2) is 8.42 Å². The SMILES string of the molecule is CN(C)CCCNC(=O)c1ccc(N(Cc2ccc(Cl)cc2)S(C)(=O)=O)cc1. The van der Waals surface area contributed by atoms with Crippen molar-refractivity contribution in [2.75, 3.05) is 37.7 Å². The fourth-order valence-electron chi connectivity index (χ4n) is 2.63. The van der Waals surface area contributed by atoms with Crippen molar-refractivity contribution in [3.8, 4) is 0 Å². The molecule has 8 heteroatoms. The molecule has 1 amide bonds. The first kappa shape index (κ1) is 22.2. The van der Waals surface area contributed by atoms with Crippen LogP contribution >= 0.6 is 11.6 Å². The van der Waals surface area contributed by atoms with E-state index in [0.717, 1.165) is 24.8 Å². The summed E-state index contributed by atoms with van der Waals surface area (Å²) in [6.07, 6.45) is 2.02. The van der Waals surface area contributed by atoms with Gasteiger partial charge < -0.3 is 10.2 Å². The molecule has 2 aromatic carbocycles. The average molecular weight is 424 g/mol. The van der Waals surface area contributed by atoms with E-state index in [9.17, 15) is 13.2 Å². The average Bonchev–Trinajstić information content (AvgIpc) is 2.63. The summed E-state index contributed by atoms with van der Waals surface area (Å²) in [5, 5.41) is 3.46. The van der Waals surface area contributed by atoms with Gasteiger partial charge in [0.25, 0.3) is 5.91 Å². The van der Waals surface area contributed by atoms with Gasteiger partial charge in [-0.05, 0) is 69.0 Å². The van der Waals surface area contributed by atoms with Crippen molar-refractivity contribution in [2.45, 2.75) is 13.0 Å². The third-order valence-corrected chi connectivity index (χ3v) is 5.52. The number of sulfonamides is 1. The Morgan fingerprint density at radius 2 is 1.64 bits per heavy atom. The second kappa shape index (κ2) is 9.91. The predicted octanol–water partition coefficient (Wildman–Crippen LogP) is 2.99. The molecule has 0 saturated heterocycles. The monoisotopic (exact) mass is 423 g/mol. The molecule has 0 bridgehead atoms. The van der Waals surface area contributed by atoms with E-state index in [-0.39, 0.29) is 12.5 Å². The molecule has 6 nitrogen and oxygen atoms in total. The molecule has 0 fully saturated rings. The number of carbonyl (C=O) groups is 1. The van der Waals surface area contributed by atoms with Crippen molar-refractivity contribution in [3.05, 3.63) is 64.7 Å². The molecule has 0 spiro atoms. The molecule has 0 aliphatic rings. The number of nitrogens with one attached hydrogen (secondary N) is 1.